The number of nitrogens with zero attached hydrogens (tertiary/aromatic N) is 2. The van der Waals surface area contributed by atoms with Crippen LogP contribution in [0.4, 0.5) is 4.79 Å². The summed E-state index contributed by atoms with van der Waals surface area (Å²) in [4.78, 5) is 24.5. The molecule has 2 bridgehead atoms. The fourth-order valence-corrected chi connectivity index (χ4v) is 5.37. The van der Waals surface area contributed by atoms with Gasteiger partial charge in [-0.15, -0.1) is 11.8 Å². The Morgan fingerprint density at radius 2 is 1.93 bits per heavy atom. The summed E-state index contributed by atoms with van der Waals surface area (Å²) in [5.74, 6) is 0. The van der Waals surface area contributed by atoms with Gasteiger partial charge in [-0.3, -0.25) is 9.88 Å². The van der Waals surface area contributed by atoms with Crippen molar-refractivity contribution in [1.29, 1.82) is 0 Å². The van der Waals surface area contributed by atoms with Crippen molar-refractivity contribution in [1.82, 2.24) is 14.9 Å². The van der Waals surface area contributed by atoms with Crippen molar-refractivity contribution in [3.8, 4) is 0 Å². The smallest absolute Gasteiger partial charge is 0.411 e. The Kier molecular flexibility index (Phi) is 4.17. The number of thioether (sulfide) groups is 1. The molecule has 2 aliphatic heterocycles. The molecule has 0 radical (unpaired) electrons. The van der Waals surface area contributed by atoms with Gasteiger partial charge >= 0.3 is 6.09 Å². The van der Waals surface area contributed by atoms with E-state index in [4.69, 9.17) is 4.74 Å². The molecule has 4 heterocycles. The number of H-pyrrole nitrogens is 1. The standard InChI is InChI=1S/C23H25N3O2S/c1-23(2,3)28-22(27)26-18-10-15-13-7-5-6-8-17(13)25-21(15)19(26)9-14-16(18)11-24-12-20(14)29-4/h5-8,11-12,18-19,25H,9-10H2,1-4H3/t18-,19-/m0/s1. The summed E-state index contributed by atoms with van der Waals surface area (Å²) in [5.41, 5.74) is 5.51. The molecule has 1 amide bonds. The van der Waals surface area contributed by atoms with Crippen LogP contribution < -0.4 is 0 Å². The van der Waals surface area contributed by atoms with Crippen molar-refractivity contribution >= 4 is 28.8 Å². The van der Waals surface area contributed by atoms with E-state index in [9.17, 15) is 4.79 Å². The first kappa shape index (κ1) is 18.6. The third-order valence-electron chi connectivity index (χ3n) is 5.88. The van der Waals surface area contributed by atoms with Crippen molar-refractivity contribution in [3.63, 3.8) is 0 Å². The summed E-state index contributed by atoms with van der Waals surface area (Å²) in [6.45, 7) is 5.75. The van der Waals surface area contributed by atoms with E-state index in [1.165, 1.54) is 21.4 Å². The van der Waals surface area contributed by atoms with Gasteiger partial charge in [0.15, 0.2) is 0 Å². The first-order chi connectivity index (χ1) is 13.9. The Morgan fingerprint density at radius 1 is 1.17 bits per heavy atom. The highest BCUT2D eigenvalue weighted by atomic mass is 32.2. The van der Waals surface area contributed by atoms with E-state index in [1.54, 1.807) is 11.8 Å². The molecule has 0 saturated carbocycles. The SMILES string of the molecule is CSc1cncc2c1C[C@H]1c3[nH]c4ccccc4c3C[C@@H]2N1C(=O)OC(C)(C)C. The number of hydrogen-bond acceptors (Lipinski definition) is 4. The highest BCUT2D eigenvalue weighted by Gasteiger charge is 2.46. The summed E-state index contributed by atoms with van der Waals surface area (Å²) in [5, 5.41) is 1.25. The molecule has 0 fully saturated rings. The predicted octanol–water partition coefficient (Wildman–Crippen LogP) is 5.42. The van der Waals surface area contributed by atoms with Gasteiger partial charge in [-0.05, 0) is 56.2 Å². The molecule has 5 nitrogen and oxygen atoms in total. The molecule has 2 aromatic heterocycles. The van der Waals surface area contributed by atoms with Gasteiger partial charge in [0.25, 0.3) is 0 Å². The molecule has 0 unspecified atom stereocenters. The van der Waals surface area contributed by atoms with Crippen molar-refractivity contribution in [2.75, 3.05) is 6.26 Å². The summed E-state index contributed by atoms with van der Waals surface area (Å²) in [6, 6.07) is 8.27. The lowest BCUT2D eigenvalue weighted by Crippen LogP contribution is -2.48. The predicted molar refractivity (Wildman–Crippen MR) is 115 cm³/mol. The second-order valence-electron chi connectivity index (χ2n) is 8.80. The molecule has 2 atom stereocenters. The number of benzene rings is 1. The number of nitrogens with one attached hydrogen (secondary N) is 1. The number of fused-ring (bicyclic) bond motifs is 8. The van der Waals surface area contributed by atoms with Crippen molar-refractivity contribution < 1.29 is 9.53 Å². The Bertz CT molecular complexity index is 1110. The van der Waals surface area contributed by atoms with Gasteiger partial charge in [0.05, 0.1) is 12.1 Å². The first-order valence-corrected chi connectivity index (χ1v) is 11.2. The van der Waals surface area contributed by atoms with Gasteiger partial charge < -0.3 is 9.72 Å². The van der Waals surface area contributed by atoms with Crippen LogP contribution in [0.15, 0.2) is 41.6 Å². The zero-order chi connectivity index (χ0) is 20.3. The van der Waals surface area contributed by atoms with E-state index in [1.807, 2.05) is 44.1 Å². The average molecular weight is 408 g/mol. The lowest BCUT2D eigenvalue weighted by atomic mass is 9.79. The van der Waals surface area contributed by atoms with Crippen LogP contribution in [0.1, 0.15) is 55.2 Å². The van der Waals surface area contributed by atoms with E-state index < -0.39 is 5.60 Å². The van der Waals surface area contributed by atoms with Crippen LogP contribution in [0.2, 0.25) is 0 Å². The summed E-state index contributed by atoms with van der Waals surface area (Å²) >= 11 is 1.72. The van der Waals surface area contributed by atoms with Crippen LogP contribution in [0.25, 0.3) is 10.9 Å². The van der Waals surface area contributed by atoms with E-state index in [0.29, 0.717) is 0 Å². The number of pyridine rings is 1. The molecular formula is C23H25N3O2S. The van der Waals surface area contributed by atoms with Gasteiger partial charge in [-0.25, -0.2) is 4.79 Å². The average Bonchev–Trinajstić information content (AvgIpc) is 3.04. The third-order valence-corrected chi connectivity index (χ3v) is 6.67. The zero-order valence-corrected chi connectivity index (χ0v) is 18.0. The minimum Gasteiger partial charge on any atom is -0.444 e. The van der Waals surface area contributed by atoms with Crippen LogP contribution in [0, 0.1) is 0 Å². The highest BCUT2D eigenvalue weighted by molar-refractivity contribution is 7.98. The van der Waals surface area contributed by atoms with E-state index >= 15 is 0 Å². The van der Waals surface area contributed by atoms with Crippen LogP contribution in [-0.4, -0.2) is 32.8 Å². The zero-order valence-electron chi connectivity index (χ0n) is 17.2. The molecule has 1 N–H and O–H groups in total. The second-order valence-corrected chi connectivity index (χ2v) is 9.65. The van der Waals surface area contributed by atoms with Gasteiger partial charge in [0, 0.05) is 40.3 Å². The molecule has 3 aromatic rings. The Morgan fingerprint density at radius 3 is 2.69 bits per heavy atom. The Hall–Kier alpha value is -2.47. The van der Waals surface area contributed by atoms with Crippen LogP contribution >= 0.6 is 11.8 Å². The molecule has 5 rings (SSSR count). The maximum atomic E-state index is 13.3. The number of aromatic amines is 1. The first-order valence-electron chi connectivity index (χ1n) is 9.99. The molecule has 6 heteroatoms. The van der Waals surface area contributed by atoms with Gasteiger partial charge in [0.2, 0.25) is 0 Å². The molecule has 2 aliphatic rings. The van der Waals surface area contributed by atoms with Crippen LogP contribution in [-0.2, 0) is 17.6 Å². The van der Waals surface area contributed by atoms with Gasteiger partial charge in [-0.2, -0.15) is 0 Å². The number of carbonyl (C=O) groups excluding carboxylic acids is 1. The maximum Gasteiger partial charge on any atom is 0.411 e. The number of carbonyl (C=O) groups is 1. The number of para-hydroxylation sites is 1. The molecular weight excluding hydrogens is 382 g/mol. The Labute approximate surface area is 174 Å². The maximum absolute atomic E-state index is 13.3. The van der Waals surface area contributed by atoms with Crippen molar-refractivity contribution in [2.24, 2.45) is 0 Å². The van der Waals surface area contributed by atoms with E-state index in [0.717, 1.165) is 29.6 Å². The number of ether oxygens (including phenoxy) is 1. The van der Waals surface area contributed by atoms with E-state index in [-0.39, 0.29) is 18.2 Å². The molecule has 150 valence electrons. The van der Waals surface area contributed by atoms with Gasteiger partial charge in [-0.1, -0.05) is 18.2 Å². The highest BCUT2D eigenvalue weighted by Crippen LogP contribution is 2.50. The second kappa shape index (κ2) is 6.52. The summed E-state index contributed by atoms with van der Waals surface area (Å²) in [6.07, 6.45) is 7.24. The molecule has 29 heavy (non-hydrogen) atoms. The monoisotopic (exact) mass is 407 g/mol. The van der Waals surface area contributed by atoms with Crippen molar-refractivity contribution in [3.05, 3.63) is 59.0 Å². The lowest BCUT2D eigenvalue weighted by Gasteiger charge is -2.46. The normalized spacial score (nSPS) is 20.3. The number of hydrogen-bond donors (Lipinski definition) is 1. The summed E-state index contributed by atoms with van der Waals surface area (Å²) in [7, 11) is 0. The quantitative estimate of drug-likeness (QED) is 0.548. The van der Waals surface area contributed by atoms with E-state index in [2.05, 4.69) is 34.4 Å². The molecule has 0 spiro atoms. The fourth-order valence-electron chi connectivity index (χ4n) is 4.76. The summed E-state index contributed by atoms with van der Waals surface area (Å²) < 4.78 is 5.82. The number of amides is 1. The largest absolute Gasteiger partial charge is 0.444 e. The number of aromatic nitrogens is 2. The van der Waals surface area contributed by atoms with Crippen LogP contribution in [0.5, 0.6) is 0 Å². The molecule has 0 saturated heterocycles. The Balaban J connectivity index is 1.69. The minimum atomic E-state index is -0.533. The number of rotatable bonds is 1. The minimum absolute atomic E-state index is 0.0631. The molecule has 0 aliphatic carbocycles. The van der Waals surface area contributed by atoms with Crippen molar-refractivity contribution in [2.45, 2.75) is 56.2 Å². The van der Waals surface area contributed by atoms with Gasteiger partial charge in [0.1, 0.15) is 5.60 Å². The third kappa shape index (κ3) is 2.92. The lowest BCUT2D eigenvalue weighted by molar-refractivity contribution is -0.00299. The van der Waals surface area contributed by atoms with Crippen LogP contribution in [0.3, 0.4) is 0 Å². The molecule has 1 aromatic carbocycles. The fraction of sp³-hybridized carbons (Fsp3) is 0.391. The topological polar surface area (TPSA) is 58.2 Å².